The molecule has 98 valence electrons. The van der Waals surface area contributed by atoms with Gasteiger partial charge in [0.1, 0.15) is 0 Å². The number of carbonyl (C=O) groups is 2. The highest BCUT2D eigenvalue weighted by Crippen LogP contribution is 2.05. The average Bonchev–Trinajstić information content (AvgIpc) is 2.31. The Balaban J connectivity index is 2.39. The van der Waals surface area contributed by atoms with E-state index in [1.807, 2.05) is 31.2 Å². The van der Waals surface area contributed by atoms with Gasteiger partial charge in [0.2, 0.25) is 5.91 Å². The predicted octanol–water partition coefficient (Wildman–Crippen LogP) is 0.628. The van der Waals surface area contributed by atoms with E-state index in [-0.39, 0.29) is 19.0 Å². The number of hydrogen-bond acceptors (Lipinski definition) is 3. The maximum atomic E-state index is 11.7. The third-order valence-electron chi connectivity index (χ3n) is 2.52. The molecular formula is C13H18N2O3. The standard InChI is InChI=1S/C13H18N2O3/c1-10-3-5-11(6-4-10)9-15(2)12(16)7-14-8-13(17)18/h3-6,14H,7-9H2,1-2H3,(H,17,18). The van der Waals surface area contributed by atoms with Crippen LogP contribution in [0, 0.1) is 6.92 Å². The van der Waals surface area contributed by atoms with Gasteiger partial charge in [-0.2, -0.15) is 0 Å². The van der Waals surface area contributed by atoms with Crippen molar-refractivity contribution in [2.75, 3.05) is 20.1 Å². The van der Waals surface area contributed by atoms with Crippen LogP contribution in [0.1, 0.15) is 11.1 Å². The minimum Gasteiger partial charge on any atom is -0.480 e. The molecule has 0 bridgehead atoms. The molecule has 1 rings (SSSR count). The first-order valence-electron chi connectivity index (χ1n) is 5.71. The highest BCUT2D eigenvalue weighted by Gasteiger charge is 2.09. The molecule has 0 aromatic heterocycles. The van der Waals surface area contributed by atoms with Crippen molar-refractivity contribution in [3.05, 3.63) is 35.4 Å². The second-order valence-corrected chi connectivity index (χ2v) is 4.23. The smallest absolute Gasteiger partial charge is 0.317 e. The number of carbonyl (C=O) groups excluding carboxylic acids is 1. The molecule has 0 aliphatic rings. The maximum Gasteiger partial charge on any atom is 0.317 e. The van der Waals surface area contributed by atoms with Crippen LogP contribution in [0.3, 0.4) is 0 Å². The van der Waals surface area contributed by atoms with Crippen molar-refractivity contribution in [3.8, 4) is 0 Å². The quantitative estimate of drug-likeness (QED) is 0.777. The summed E-state index contributed by atoms with van der Waals surface area (Å²) in [7, 11) is 1.70. The number of carboxylic acids is 1. The molecule has 0 aliphatic heterocycles. The number of nitrogens with zero attached hydrogens (tertiary/aromatic N) is 1. The number of hydrogen-bond donors (Lipinski definition) is 2. The van der Waals surface area contributed by atoms with E-state index in [1.54, 1.807) is 11.9 Å². The summed E-state index contributed by atoms with van der Waals surface area (Å²) < 4.78 is 0. The van der Waals surface area contributed by atoms with Gasteiger partial charge < -0.3 is 10.0 Å². The Morgan fingerprint density at radius 2 is 1.83 bits per heavy atom. The van der Waals surface area contributed by atoms with Crippen molar-refractivity contribution < 1.29 is 14.7 Å². The summed E-state index contributed by atoms with van der Waals surface area (Å²) in [4.78, 5) is 23.5. The first-order valence-corrected chi connectivity index (χ1v) is 5.71. The van der Waals surface area contributed by atoms with Crippen molar-refractivity contribution in [1.29, 1.82) is 0 Å². The van der Waals surface area contributed by atoms with Crippen LogP contribution in [-0.2, 0) is 16.1 Å². The van der Waals surface area contributed by atoms with Gasteiger partial charge in [0.05, 0.1) is 13.1 Å². The van der Waals surface area contributed by atoms with Crippen LogP contribution in [0.15, 0.2) is 24.3 Å². The first-order chi connectivity index (χ1) is 8.49. The molecule has 1 aromatic rings. The second kappa shape index (κ2) is 6.76. The van der Waals surface area contributed by atoms with E-state index in [0.717, 1.165) is 5.56 Å². The Morgan fingerprint density at radius 3 is 2.39 bits per heavy atom. The molecular weight excluding hydrogens is 232 g/mol. The molecule has 18 heavy (non-hydrogen) atoms. The Morgan fingerprint density at radius 1 is 1.22 bits per heavy atom. The van der Waals surface area contributed by atoms with Crippen molar-refractivity contribution >= 4 is 11.9 Å². The molecule has 0 saturated heterocycles. The lowest BCUT2D eigenvalue weighted by molar-refractivity contribution is -0.136. The predicted molar refractivity (Wildman–Crippen MR) is 68.2 cm³/mol. The summed E-state index contributed by atoms with van der Waals surface area (Å²) in [5, 5.41) is 11.0. The van der Waals surface area contributed by atoms with Crippen molar-refractivity contribution in [2.45, 2.75) is 13.5 Å². The summed E-state index contributed by atoms with van der Waals surface area (Å²) in [6.07, 6.45) is 0. The van der Waals surface area contributed by atoms with Gasteiger partial charge in [-0.1, -0.05) is 29.8 Å². The highest BCUT2D eigenvalue weighted by atomic mass is 16.4. The zero-order valence-corrected chi connectivity index (χ0v) is 10.6. The Labute approximate surface area is 106 Å². The largest absolute Gasteiger partial charge is 0.480 e. The molecule has 0 spiro atoms. The fourth-order valence-electron chi connectivity index (χ4n) is 1.47. The summed E-state index contributed by atoms with van der Waals surface area (Å²) >= 11 is 0. The molecule has 1 aromatic carbocycles. The topological polar surface area (TPSA) is 69.6 Å². The van der Waals surface area contributed by atoms with Crippen LogP contribution in [-0.4, -0.2) is 42.0 Å². The van der Waals surface area contributed by atoms with Crippen molar-refractivity contribution in [1.82, 2.24) is 10.2 Å². The monoisotopic (exact) mass is 250 g/mol. The maximum absolute atomic E-state index is 11.7. The van der Waals surface area contributed by atoms with Crippen molar-refractivity contribution in [2.24, 2.45) is 0 Å². The zero-order chi connectivity index (χ0) is 13.5. The number of amides is 1. The summed E-state index contributed by atoms with van der Waals surface area (Å²) in [6, 6.07) is 7.94. The van der Waals surface area contributed by atoms with Crippen LogP contribution in [0.25, 0.3) is 0 Å². The fraction of sp³-hybridized carbons (Fsp3) is 0.385. The number of nitrogens with one attached hydrogen (secondary N) is 1. The first kappa shape index (κ1) is 14.2. The van der Waals surface area contributed by atoms with Gasteiger partial charge in [0.25, 0.3) is 0 Å². The van der Waals surface area contributed by atoms with E-state index in [2.05, 4.69) is 5.32 Å². The van der Waals surface area contributed by atoms with Crippen LogP contribution in [0.5, 0.6) is 0 Å². The molecule has 1 amide bonds. The Hall–Kier alpha value is -1.88. The van der Waals surface area contributed by atoms with Crippen LogP contribution < -0.4 is 5.32 Å². The van der Waals surface area contributed by atoms with Gasteiger partial charge in [-0.05, 0) is 12.5 Å². The number of aryl methyl sites for hydroxylation is 1. The second-order valence-electron chi connectivity index (χ2n) is 4.23. The molecule has 0 heterocycles. The summed E-state index contributed by atoms with van der Waals surface area (Å²) in [5.74, 6) is -1.10. The Bertz CT molecular complexity index is 415. The van der Waals surface area contributed by atoms with Gasteiger partial charge >= 0.3 is 5.97 Å². The molecule has 2 N–H and O–H groups in total. The highest BCUT2D eigenvalue weighted by molar-refractivity contribution is 5.78. The van der Waals surface area contributed by atoms with Gasteiger partial charge in [0.15, 0.2) is 0 Å². The number of carboxylic acid groups (broad SMARTS) is 1. The van der Waals surface area contributed by atoms with Crippen LogP contribution in [0.2, 0.25) is 0 Å². The van der Waals surface area contributed by atoms with E-state index in [9.17, 15) is 9.59 Å². The summed E-state index contributed by atoms with van der Waals surface area (Å²) in [5.41, 5.74) is 2.23. The van der Waals surface area contributed by atoms with Gasteiger partial charge in [-0.3, -0.25) is 14.9 Å². The third-order valence-corrected chi connectivity index (χ3v) is 2.52. The SMILES string of the molecule is Cc1ccc(CN(C)C(=O)CNCC(=O)O)cc1. The van der Waals surface area contributed by atoms with E-state index in [0.29, 0.717) is 6.54 Å². The lowest BCUT2D eigenvalue weighted by Gasteiger charge is -2.17. The number of aliphatic carboxylic acids is 1. The normalized spacial score (nSPS) is 10.1. The van der Waals surface area contributed by atoms with E-state index in [1.165, 1.54) is 5.56 Å². The fourth-order valence-corrected chi connectivity index (χ4v) is 1.47. The number of benzene rings is 1. The van der Waals surface area contributed by atoms with Gasteiger partial charge in [-0.15, -0.1) is 0 Å². The minimum atomic E-state index is -0.969. The number of likely N-dealkylation sites (N-methyl/N-ethyl adjacent to an activating group) is 1. The van der Waals surface area contributed by atoms with E-state index in [4.69, 9.17) is 5.11 Å². The molecule has 0 fully saturated rings. The molecule has 0 aliphatic carbocycles. The van der Waals surface area contributed by atoms with Gasteiger partial charge in [-0.25, -0.2) is 0 Å². The van der Waals surface area contributed by atoms with E-state index >= 15 is 0 Å². The van der Waals surface area contributed by atoms with Gasteiger partial charge in [0, 0.05) is 13.6 Å². The summed E-state index contributed by atoms with van der Waals surface area (Å²) in [6.45, 7) is 2.36. The molecule has 5 heteroatoms. The number of rotatable bonds is 6. The third kappa shape index (κ3) is 4.97. The molecule has 0 saturated carbocycles. The molecule has 0 atom stereocenters. The molecule has 0 radical (unpaired) electrons. The molecule has 0 unspecified atom stereocenters. The Kier molecular flexibility index (Phi) is 5.32. The minimum absolute atomic E-state index is 0.0364. The van der Waals surface area contributed by atoms with Crippen LogP contribution >= 0.6 is 0 Å². The zero-order valence-electron chi connectivity index (χ0n) is 10.6. The van der Waals surface area contributed by atoms with Crippen molar-refractivity contribution in [3.63, 3.8) is 0 Å². The average molecular weight is 250 g/mol. The van der Waals surface area contributed by atoms with E-state index < -0.39 is 5.97 Å². The lowest BCUT2D eigenvalue weighted by atomic mass is 10.1. The van der Waals surface area contributed by atoms with Crippen LogP contribution in [0.4, 0.5) is 0 Å². The molecule has 5 nitrogen and oxygen atoms in total. The lowest BCUT2D eigenvalue weighted by Crippen LogP contribution is -2.37.